The number of amides is 1. The molecule has 1 aliphatic rings. The third kappa shape index (κ3) is 3.27. The number of ether oxygens (including phenoxy) is 2. The topological polar surface area (TPSA) is 76.7 Å². The highest BCUT2D eigenvalue weighted by molar-refractivity contribution is 6.04. The molecular weight excluding hydrogens is 260 g/mol. The largest absolute Gasteiger partial charge is 0.465 e. The van der Waals surface area contributed by atoms with Crippen molar-refractivity contribution in [3.63, 3.8) is 0 Å². The van der Waals surface area contributed by atoms with Gasteiger partial charge in [-0.15, -0.1) is 0 Å². The van der Waals surface area contributed by atoms with Crippen LogP contribution in [-0.4, -0.2) is 38.2 Å². The van der Waals surface area contributed by atoms with E-state index < -0.39 is 5.97 Å². The molecule has 2 N–H and O–H groups in total. The molecule has 0 bridgehead atoms. The Kier molecular flexibility index (Phi) is 4.57. The van der Waals surface area contributed by atoms with E-state index in [4.69, 9.17) is 9.47 Å². The van der Waals surface area contributed by atoms with Crippen LogP contribution in [-0.2, 0) is 14.3 Å². The maximum atomic E-state index is 11.7. The standard InChI is InChI=1S/C14H18N2O4/c1-9(17)16-13-11(14(18)19-2)4-3-5-12(13)15-8-10-6-7-20-10/h3-5,10,15H,6-8H2,1-2H3,(H,16,17)/t10-/m0/s1. The van der Waals surface area contributed by atoms with Crippen LogP contribution in [0.3, 0.4) is 0 Å². The van der Waals surface area contributed by atoms with E-state index in [-0.39, 0.29) is 12.0 Å². The smallest absolute Gasteiger partial charge is 0.340 e. The van der Waals surface area contributed by atoms with Crippen molar-refractivity contribution in [1.82, 2.24) is 0 Å². The first-order valence-electron chi connectivity index (χ1n) is 6.46. The van der Waals surface area contributed by atoms with Gasteiger partial charge in [-0.2, -0.15) is 0 Å². The summed E-state index contributed by atoms with van der Waals surface area (Å²) in [5.41, 5.74) is 1.44. The van der Waals surface area contributed by atoms with Crippen molar-refractivity contribution in [1.29, 1.82) is 0 Å². The maximum absolute atomic E-state index is 11.7. The highest BCUT2D eigenvalue weighted by atomic mass is 16.5. The van der Waals surface area contributed by atoms with Crippen LogP contribution in [0.2, 0.25) is 0 Å². The third-order valence-corrected chi connectivity index (χ3v) is 3.08. The number of para-hydroxylation sites is 1. The average molecular weight is 278 g/mol. The van der Waals surface area contributed by atoms with Gasteiger partial charge in [0.25, 0.3) is 0 Å². The summed E-state index contributed by atoms with van der Waals surface area (Å²) in [6.07, 6.45) is 1.20. The van der Waals surface area contributed by atoms with Crippen LogP contribution in [0, 0.1) is 0 Å². The zero-order chi connectivity index (χ0) is 14.5. The Balaban J connectivity index is 2.23. The summed E-state index contributed by atoms with van der Waals surface area (Å²) in [6.45, 7) is 2.82. The van der Waals surface area contributed by atoms with Crippen LogP contribution in [0.4, 0.5) is 11.4 Å². The molecule has 6 nitrogen and oxygen atoms in total. The first kappa shape index (κ1) is 14.3. The number of hydrogen-bond acceptors (Lipinski definition) is 5. The number of carbonyl (C=O) groups is 2. The Morgan fingerprint density at radius 3 is 2.75 bits per heavy atom. The number of anilines is 2. The number of benzene rings is 1. The summed E-state index contributed by atoms with van der Waals surface area (Å²) in [4.78, 5) is 23.1. The minimum Gasteiger partial charge on any atom is -0.465 e. The second kappa shape index (κ2) is 6.38. The Morgan fingerprint density at radius 2 is 2.20 bits per heavy atom. The SMILES string of the molecule is COC(=O)c1cccc(NC[C@@H]2CCO2)c1NC(C)=O. The van der Waals surface area contributed by atoms with Crippen molar-refractivity contribution in [2.24, 2.45) is 0 Å². The molecule has 20 heavy (non-hydrogen) atoms. The molecule has 1 aromatic rings. The van der Waals surface area contributed by atoms with E-state index in [2.05, 4.69) is 10.6 Å². The maximum Gasteiger partial charge on any atom is 0.340 e. The lowest BCUT2D eigenvalue weighted by Gasteiger charge is -2.27. The van der Waals surface area contributed by atoms with Gasteiger partial charge >= 0.3 is 5.97 Å². The van der Waals surface area contributed by atoms with Gasteiger partial charge in [0, 0.05) is 20.1 Å². The van der Waals surface area contributed by atoms with Crippen molar-refractivity contribution < 1.29 is 19.1 Å². The normalized spacial score (nSPS) is 17.0. The minimum absolute atomic E-state index is 0.182. The fraction of sp³-hybridized carbons (Fsp3) is 0.429. The van der Waals surface area contributed by atoms with Crippen LogP contribution in [0.15, 0.2) is 18.2 Å². The Bertz CT molecular complexity index is 512. The summed E-state index contributed by atoms with van der Waals surface area (Å²) in [5, 5.41) is 5.87. The van der Waals surface area contributed by atoms with Crippen molar-refractivity contribution >= 4 is 23.3 Å². The first-order valence-corrected chi connectivity index (χ1v) is 6.46. The number of rotatable bonds is 5. The van der Waals surface area contributed by atoms with Crippen molar-refractivity contribution in [2.45, 2.75) is 19.4 Å². The fourth-order valence-electron chi connectivity index (χ4n) is 1.96. The molecule has 0 aliphatic carbocycles. The highest BCUT2D eigenvalue weighted by Crippen LogP contribution is 2.27. The number of esters is 1. The van der Waals surface area contributed by atoms with E-state index in [1.807, 2.05) is 0 Å². The Morgan fingerprint density at radius 1 is 1.45 bits per heavy atom. The molecule has 2 rings (SSSR count). The number of carbonyl (C=O) groups excluding carboxylic acids is 2. The summed E-state index contributed by atoms with van der Waals surface area (Å²) >= 11 is 0. The van der Waals surface area contributed by atoms with Crippen LogP contribution < -0.4 is 10.6 Å². The van der Waals surface area contributed by atoms with Gasteiger partial charge in [0.15, 0.2) is 0 Å². The van der Waals surface area contributed by atoms with Crippen LogP contribution in [0.5, 0.6) is 0 Å². The monoisotopic (exact) mass is 278 g/mol. The molecular formula is C14H18N2O4. The van der Waals surface area contributed by atoms with Crippen molar-refractivity contribution in [2.75, 3.05) is 30.9 Å². The van der Waals surface area contributed by atoms with Crippen molar-refractivity contribution in [3.05, 3.63) is 23.8 Å². The molecule has 0 spiro atoms. The lowest BCUT2D eigenvalue weighted by molar-refractivity contribution is -0.114. The molecule has 0 saturated carbocycles. The van der Waals surface area contributed by atoms with Gasteiger partial charge in [0.1, 0.15) is 0 Å². The number of nitrogens with one attached hydrogen (secondary N) is 2. The van der Waals surface area contributed by atoms with Crippen LogP contribution >= 0.6 is 0 Å². The van der Waals surface area contributed by atoms with Crippen molar-refractivity contribution in [3.8, 4) is 0 Å². The first-order chi connectivity index (χ1) is 9.61. The molecule has 1 aliphatic heterocycles. The summed E-state index contributed by atoms with van der Waals surface area (Å²) in [6, 6.07) is 5.15. The minimum atomic E-state index is -0.489. The molecule has 1 aromatic carbocycles. The molecule has 1 heterocycles. The summed E-state index contributed by atoms with van der Waals surface area (Å²) in [7, 11) is 1.31. The zero-order valence-electron chi connectivity index (χ0n) is 11.6. The molecule has 1 atom stereocenters. The number of methoxy groups -OCH3 is 1. The Labute approximate surface area is 117 Å². The molecule has 0 radical (unpaired) electrons. The molecule has 1 amide bonds. The molecule has 1 saturated heterocycles. The van der Waals surface area contributed by atoms with Gasteiger partial charge in [-0.25, -0.2) is 4.79 Å². The highest BCUT2D eigenvalue weighted by Gasteiger charge is 2.20. The van der Waals surface area contributed by atoms with Gasteiger partial charge in [0.05, 0.1) is 30.2 Å². The average Bonchev–Trinajstić information content (AvgIpc) is 2.37. The summed E-state index contributed by atoms with van der Waals surface area (Å²) < 4.78 is 10.1. The summed E-state index contributed by atoms with van der Waals surface area (Å²) in [5.74, 6) is -0.735. The van der Waals surface area contributed by atoms with Gasteiger partial charge < -0.3 is 20.1 Å². The van der Waals surface area contributed by atoms with E-state index in [1.54, 1.807) is 18.2 Å². The van der Waals surface area contributed by atoms with Gasteiger partial charge in [-0.05, 0) is 18.6 Å². The van der Waals surface area contributed by atoms with Crippen LogP contribution in [0.1, 0.15) is 23.7 Å². The second-order valence-corrected chi connectivity index (χ2v) is 4.56. The quantitative estimate of drug-likeness (QED) is 0.801. The predicted molar refractivity (Wildman–Crippen MR) is 74.9 cm³/mol. The second-order valence-electron chi connectivity index (χ2n) is 4.56. The Hall–Kier alpha value is -2.08. The lowest BCUT2D eigenvalue weighted by atomic mass is 10.1. The van der Waals surface area contributed by atoms with E-state index in [0.29, 0.717) is 23.5 Å². The molecule has 108 valence electrons. The van der Waals surface area contributed by atoms with E-state index in [0.717, 1.165) is 13.0 Å². The van der Waals surface area contributed by atoms with Gasteiger partial charge in [-0.3, -0.25) is 4.79 Å². The van der Waals surface area contributed by atoms with Gasteiger partial charge in [0.2, 0.25) is 5.91 Å². The van der Waals surface area contributed by atoms with E-state index >= 15 is 0 Å². The molecule has 1 fully saturated rings. The fourth-order valence-corrected chi connectivity index (χ4v) is 1.96. The third-order valence-electron chi connectivity index (χ3n) is 3.08. The lowest BCUT2D eigenvalue weighted by Crippen LogP contribution is -2.33. The van der Waals surface area contributed by atoms with E-state index in [9.17, 15) is 9.59 Å². The molecule has 0 aromatic heterocycles. The molecule has 6 heteroatoms. The van der Waals surface area contributed by atoms with Crippen LogP contribution in [0.25, 0.3) is 0 Å². The number of hydrogen-bond donors (Lipinski definition) is 2. The van der Waals surface area contributed by atoms with E-state index in [1.165, 1.54) is 14.0 Å². The molecule has 0 unspecified atom stereocenters. The van der Waals surface area contributed by atoms with Gasteiger partial charge in [-0.1, -0.05) is 6.07 Å². The predicted octanol–water partition coefficient (Wildman–Crippen LogP) is 1.63. The zero-order valence-corrected chi connectivity index (χ0v) is 11.6.